The molecule has 5 heterocycles. The van der Waals surface area contributed by atoms with Crippen molar-refractivity contribution in [3.05, 3.63) is 47.1 Å². The fraction of sp³-hybridized carbons (Fsp3) is 0.481. The Morgan fingerprint density at radius 1 is 1.26 bits per heavy atom. The number of hydrogen-bond donors (Lipinski definition) is 2. The van der Waals surface area contributed by atoms with Crippen LogP contribution in [0.25, 0.3) is 27.0 Å². The second kappa shape index (κ2) is 9.76. The maximum Gasteiger partial charge on any atom is 0.318 e. The first kappa shape index (κ1) is 22.8. The quantitative estimate of drug-likeness (QED) is 0.534. The van der Waals surface area contributed by atoms with Crippen LogP contribution in [0.1, 0.15) is 43.0 Å². The third-order valence-electron chi connectivity index (χ3n) is 7.56. The Labute approximate surface area is 210 Å². The van der Waals surface area contributed by atoms with Crippen molar-refractivity contribution < 1.29 is 9.53 Å². The number of H-pyrrole nitrogens is 1. The SMILES string of the molecule is CC1C=C(c2c[nH]c3ncc(-c4ccc(CN5CCOCC5)s4)cc23)CCN1C(=O)NC1CCC1. The maximum atomic E-state index is 12.7. The average molecular weight is 492 g/mol. The number of rotatable bonds is 5. The number of carbonyl (C=O) groups excluding carboxylic acids is 1. The Hall–Kier alpha value is -2.68. The van der Waals surface area contributed by atoms with Crippen molar-refractivity contribution in [3.63, 3.8) is 0 Å². The molecule has 0 radical (unpaired) electrons. The summed E-state index contributed by atoms with van der Waals surface area (Å²) < 4.78 is 5.48. The minimum Gasteiger partial charge on any atom is -0.379 e. The molecule has 1 aliphatic carbocycles. The second-order valence-electron chi connectivity index (χ2n) is 9.93. The highest BCUT2D eigenvalue weighted by molar-refractivity contribution is 7.15. The summed E-state index contributed by atoms with van der Waals surface area (Å²) in [6.45, 7) is 7.48. The molecule has 3 aliphatic rings. The largest absolute Gasteiger partial charge is 0.379 e. The van der Waals surface area contributed by atoms with Gasteiger partial charge in [-0.3, -0.25) is 4.90 Å². The summed E-state index contributed by atoms with van der Waals surface area (Å²) in [7, 11) is 0. The Bertz CT molecular complexity index is 1240. The van der Waals surface area contributed by atoms with Crippen LogP contribution in [-0.4, -0.2) is 70.7 Å². The van der Waals surface area contributed by atoms with E-state index in [9.17, 15) is 4.79 Å². The molecule has 8 heteroatoms. The van der Waals surface area contributed by atoms with Crippen LogP contribution < -0.4 is 5.32 Å². The lowest BCUT2D eigenvalue weighted by molar-refractivity contribution is 0.0346. The van der Waals surface area contributed by atoms with Crippen molar-refractivity contribution in [1.82, 2.24) is 25.1 Å². The summed E-state index contributed by atoms with van der Waals surface area (Å²) in [6, 6.07) is 7.23. The molecule has 2 fully saturated rings. The molecule has 3 aromatic rings. The number of thiophene rings is 1. The lowest BCUT2D eigenvalue weighted by atomic mass is 9.93. The summed E-state index contributed by atoms with van der Waals surface area (Å²) in [5.74, 6) is 0. The van der Waals surface area contributed by atoms with E-state index in [1.54, 1.807) is 0 Å². The van der Waals surface area contributed by atoms with E-state index in [1.807, 2.05) is 22.4 Å². The van der Waals surface area contributed by atoms with Gasteiger partial charge in [0.15, 0.2) is 0 Å². The Morgan fingerprint density at radius 2 is 2.11 bits per heavy atom. The Morgan fingerprint density at radius 3 is 2.89 bits per heavy atom. The fourth-order valence-corrected chi connectivity index (χ4v) is 6.26. The monoisotopic (exact) mass is 491 g/mol. The van der Waals surface area contributed by atoms with Crippen LogP contribution in [0.2, 0.25) is 0 Å². The molecule has 2 N–H and O–H groups in total. The number of nitrogens with zero attached hydrogens (tertiary/aromatic N) is 3. The van der Waals surface area contributed by atoms with Crippen molar-refractivity contribution in [2.75, 3.05) is 32.8 Å². The smallest absolute Gasteiger partial charge is 0.318 e. The first-order valence-corrected chi connectivity index (χ1v) is 13.6. The van der Waals surface area contributed by atoms with Crippen LogP contribution in [0, 0.1) is 0 Å². The first-order chi connectivity index (χ1) is 17.1. The molecule has 1 saturated heterocycles. The summed E-state index contributed by atoms with van der Waals surface area (Å²) in [5.41, 5.74) is 4.55. The van der Waals surface area contributed by atoms with Gasteiger partial charge in [-0.05, 0) is 56.4 Å². The van der Waals surface area contributed by atoms with Crippen LogP contribution in [0.5, 0.6) is 0 Å². The molecule has 2 amide bonds. The predicted octanol–water partition coefficient (Wildman–Crippen LogP) is 4.86. The number of urea groups is 1. The van der Waals surface area contributed by atoms with E-state index in [1.165, 1.54) is 27.3 Å². The normalized spacial score (nSPS) is 21.7. The standard InChI is InChI=1S/C27H33N5O2S/c1-18-13-19(7-8-32(18)27(33)30-21-3-2-4-21)24-16-29-26-23(24)14-20(15-28-26)25-6-5-22(35-25)17-31-9-11-34-12-10-31/h5-6,13-16,18,21H,2-4,7-12,17H2,1H3,(H,28,29)(H,30,33). The summed E-state index contributed by atoms with van der Waals surface area (Å²) >= 11 is 1.85. The number of aromatic nitrogens is 2. The van der Waals surface area contributed by atoms with Crippen molar-refractivity contribution in [3.8, 4) is 10.4 Å². The number of hydrogen-bond acceptors (Lipinski definition) is 5. The minimum atomic E-state index is 0.0694. The Kier molecular flexibility index (Phi) is 6.35. The molecule has 6 rings (SSSR count). The van der Waals surface area contributed by atoms with Gasteiger partial charge in [0.1, 0.15) is 5.65 Å². The third-order valence-corrected chi connectivity index (χ3v) is 8.68. The third kappa shape index (κ3) is 4.75. The van der Waals surface area contributed by atoms with Gasteiger partial charge < -0.3 is 19.9 Å². The number of ether oxygens (including phenoxy) is 1. The molecule has 3 aromatic heterocycles. The molecule has 2 aliphatic heterocycles. The van der Waals surface area contributed by atoms with Crippen molar-refractivity contribution >= 4 is 34.0 Å². The number of carbonyl (C=O) groups is 1. The summed E-state index contributed by atoms with van der Waals surface area (Å²) in [5, 5.41) is 4.33. The van der Waals surface area contributed by atoms with Gasteiger partial charge in [0.25, 0.3) is 0 Å². The van der Waals surface area contributed by atoms with E-state index in [0.29, 0.717) is 6.04 Å². The highest BCUT2D eigenvalue weighted by atomic mass is 32.1. The van der Waals surface area contributed by atoms with Crippen molar-refractivity contribution in [1.29, 1.82) is 0 Å². The number of amides is 2. The summed E-state index contributed by atoms with van der Waals surface area (Å²) in [6.07, 6.45) is 10.6. The molecule has 184 valence electrons. The molecule has 1 saturated carbocycles. The van der Waals surface area contributed by atoms with Crippen molar-refractivity contribution in [2.45, 2.75) is 51.2 Å². The highest BCUT2D eigenvalue weighted by Crippen LogP contribution is 2.35. The molecular weight excluding hydrogens is 458 g/mol. The van der Waals surface area contributed by atoms with Gasteiger partial charge in [0.2, 0.25) is 0 Å². The van der Waals surface area contributed by atoms with E-state index in [2.05, 4.69) is 52.6 Å². The van der Waals surface area contributed by atoms with E-state index >= 15 is 0 Å². The zero-order valence-corrected chi connectivity index (χ0v) is 21.1. The van der Waals surface area contributed by atoms with Crippen LogP contribution in [0.3, 0.4) is 0 Å². The molecule has 35 heavy (non-hydrogen) atoms. The van der Waals surface area contributed by atoms with Gasteiger partial charge in [-0.15, -0.1) is 11.3 Å². The second-order valence-corrected chi connectivity index (χ2v) is 11.1. The van der Waals surface area contributed by atoms with E-state index in [4.69, 9.17) is 9.72 Å². The van der Waals surface area contributed by atoms with E-state index in [0.717, 1.165) is 75.3 Å². The lowest BCUT2D eigenvalue weighted by Gasteiger charge is -2.35. The number of aromatic amines is 1. The molecule has 0 aromatic carbocycles. The van der Waals surface area contributed by atoms with Gasteiger partial charge in [-0.25, -0.2) is 9.78 Å². The fourth-order valence-electron chi connectivity index (χ4n) is 5.23. The van der Waals surface area contributed by atoms with Crippen LogP contribution in [-0.2, 0) is 11.3 Å². The summed E-state index contributed by atoms with van der Waals surface area (Å²) in [4.78, 5) is 27.8. The van der Waals surface area contributed by atoms with Gasteiger partial charge >= 0.3 is 6.03 Å². The van der Waals surface area contributed by atoms with E-state index in [-0.39, 0.29) is 12.1 Å². The van der Waals surface area contributed by atoms with Gasteiger partial charge in [-0.2, -0.15) is 0 Å². The average Bonchev–Trinajstić information content (AvgIpc) is 3.48. The predicted molar refractivity (Wildman–Crippen MR) is 140 cm³/mol. The number of fused-ring (bicyclic) bond motifs is 1. The van der Waals surface area contributed by atoms with Crippen LogP contribution in [0.4, 0.5) is 4.79 Å². The first-order valence-electron chi connectivity index (χ1n) is 12.8. The zero-order valence-electron chi connectivity index (χ0n) is 20.3. The van der Waals surface area contributed by atoms with Gasteiger partial charge in [0.05, 0.1) is 13.2 Å². The molecular formula is C27H33N5O2S. The highest BCUT2D eigenvalue weighted by Gasteiger charge is 2.28. The Balaban J connectivity index is 1.20. The van der Waals surface area contributed by atoms with Crippen molar-refractivity contribution in [2.24, 2.45) is 0 Å². The molecule has 1 unspecified atom stereocenters. The van der Waals surface area contributed by atoms with Crippen LogP contribution >= 0.6 is 11.3 Å². The molecule has 1 atom stereocenters. The number of nitrogens with one attached hydrogen (secondary N) is 2. The van der Waals surface area contributed by atoms with E-state index < -0.39 is 0 Å². The number of morpholine rings is 1. The van der Waals surface area contributed by atoms with Gasteiger partial charge in [-0.1, -0.05) is 6.08 Å². The number of pyridine rings is 1. The molecule has 7 nitrogen and oxygen atoms in total. The molecule has 0 spiro atoms. The topological polar surface area (TPSA) is 73.5 Å². The maximum absolute atomic E-state index is 12.7. The lowest BCUT2D eigenvalue weighted by Crippen LogP contribution is -2.51. The van der Waals surface area contributed by atoms with Crippen LogP contribution in [0.15, 0.2) is 36.7 Å². The molecule has 0 bridgehead atoms. The van der Waals surface area contributed by atoms with Gasteiger partial charge in [0, 0.05) is 76.9 Å². The minimum absolute atomic E-state index is 0.0694. The zero-order chi connectivity index (χ0) is 23.8.